The number of hydrogen-bond donors (Lipinski definition) is 1. The smallest absolute Gasteiger partial charge is 0.295 e. The molecule has 9 nitrogen and oxygen atoms in total. The number of azo groups is 1. The van der Waals surface area contributed by atoms with Crippen LogP contribution in [0.25, 0.3) is 10.9 Å². The van der Waals surface area contributed by atoms with Crippen molar-refractivity contribution in [2.75, 3.05) is 7.11 Å². The molecule has 3 aromatic rings. The number of nitrogens with zero attached hydrogens (tertiary/aromatic N) is 4. The van der Waals surface area contributed by atoms with Crippen LogP contribution in [0.2, 0.25) is 0 Å². The largest absolute Gasteiger partial charge is 0.497 e. The minimum atomic E-state index is -0.743. The molecule has 0 bridgehead atoms. The summed E-state index contributed by atoms with van der Waals surface area (Å²) in [6, 6.07) is 10.6. The van der Waals surface area contributed by atoms with Crippen molar-refractivity contribution in [3.8, 4) is 11.6 Å². The summed E-state index contributed by atoms with van der Waals surface area (Å²) in [5.41, 5.74) is 0.730. The number of benzene rings is 2. The third kappa shape index (κ3) is 4.29. The van der Waals surface area contributed by atoms with Crippen molar-refractivity contribution in [3.63, 3.8) is 0 Å². The predicted molar refractivity (Wildman–Crippen MR) is 112 cm³/mol. The Bertz CT molecular complexity index is 1120. The zero-order chi connectivity index (χ0) is 21.7. The summed E-state index contributed by atoms with van der Waals surface area (Å²) in [4.78, 5) is 22.7. The minimum Gasteiger partial charge on any atom is -0.497 e. The molecule has 0 saturated carbocycles. The molecule has 0 fully saturated rings. The first-order chi connectivity index (χ1) is 14.5. The number of carbonyl (C=O) groups is 1. The SMILES string of the molecule is CCCCCn1c(O)c(N=NC(=O)c2cccc([N+](=O)[O-])c2)c2cc(OC)ccc21. The van der Waals surface area contributed by atoms with Gasteiger partial charge in [0.25, 0.3) is 11.6 Å². The number of carbonyl (C=O) groups excluding carboxylic acids is 1. The Morgan fingerprint density at radius 1 is 1.23 bits per heavy atom. The molecule has 1 amide bonds. The number of aromatic nitrogens is 1. The van der Waals surface area contributed by atoms with E-state index in [1.807, 2.05) is 6.07 Å². The van der Waals surface area contributed by atoms with Gasteiger partial charge < -0.3 is 14.4 Å². The van der Waals surface area contributed by atoms with Gasteiger partial charge in [-0.05, 0) is 30.7 Å². The lowest BCUT2D eigenvalue weighted by atomic mass is 10.2. The van der Waals surface area contributed by atoms with E-state index in [0.29, 0.717) is 17.7 Å². The van der Waals surface area contributed by atoms with Crippen molar-refractivity contribution in [1.29, 1.82) is 0 Å². The maximum Gasteiger partial charge on any atom is 0.295 e. The number of methoxy groups -OCH3 is 1. The highest BCUT2D eigenvalue weighted by Crippen LogP contribution is 2.40. The van der Waals surface area contributed by atoms with E-state index in [1.54, 1.807) is 16.7 Å². The number of nitro groups is 1. The first kappa shape index (κ1) is 21.0. The summed E-state index contributed by atoms with van der Waals surface area (Å²) in [5, 5.41) is 29.9. The fraction of sp³-hybridized carbons (Fsp3) is 0.286. The van der Waals surface area contributed by atoms with Gasteiger partial charge >= 0.3 is 0 Å². The minimum absolute atomic E-state index is 0.0386. The highest BCUT2D eigenvalue weighted by atomic mass is 16.6. The Morgan fingerprint density at radius 2 is 2.03 bits per heavy atom. The number of unbranched alkanes of at least 4 members (excludes halogenated alkanes) is 2. The Balaban J connectivity index is 1.99. The van der Waals surface area contributed by atoms with Crippen LogP contribution in [0, 0.1) is 10.1 Å². The molecule has 1 aromatic heterocycles. The number of fused-ring (bicyclic) bond motifs is 1. The number of ether oxygens (including phenoxy) is 1. The molecular weight excluding hydrogens is 388 g/mol. The molecule has 0 aliphatic carbocycles. The van der Waals surface area contributed by atoms with E-state index < -0.39 is 10.8 Å². The standard InChI is InChI=1S/C21H22N4O5/c1-3-4-5-11-24-18-10-9-16(30-2)13-17(18)19(21(24)27)22-23-20(26)14-7-6-8-15(12-14)25(28)29/h6-10,12-13,27H,3-5,11H2,1-2H3. The Hall–Kier alpha value is -3.75. The molecule has 0 saturated heterocycles. The number of aromatic hydroxyl groups is 1. The second-order valence-corrected chi connectivity index (χ2v) is 6.73. The lowest BCUT2D eigenvalue weighted by molar-refractivity contribution is -0.384. The van der Waals surface area contributed by atoms with E-state index >= 15 is 0 Å². The van der Waals surface area contributed by atoms with Gasteiger partial charge in [0.05, 0.1) is 23.1 Å². The van der Waals surface area contributed by atoms with Crippen LogP contribution in [0.15, 0.2) is 52.7 Å². The zero-order valence-electron chi connectivity index (χ0n) is 16.7. The quantitative estimate of drug-likeness (QED) is 0.231. The fourth-order valence-electron chi connectivity index (χ4n) is 3.18. The van der Waals surface area contributed by atoms with E-state index in [1.165, 1.54) is 25.3 Å². The summed E-state index contributed by atoms with van der Waals surface area (Å²) in [6.45, 7) is 2.69. The number of nitro benzene ring substituents is 1. The molecule has 30 heavy (non-hydrogen) atoms. The summed E-state index contributed by atoms with van der Waals surface area (Å²) in [6.07, 6.45) is 2.93. The molecule has 0 aliphatic heterocycles. The maximum absolute atomic E-state index is 12.4. The van der Waals surface area contributed by atoms with E-state index in [9.17, 15) is 20.0 Å². The van der Waals surface area contributed by atoms with Gasteiger partial charge in [-0.3, -0.25) is 14.9 Å². The third-order valence-corrected chi connectivity index (χ3v) is 4.75. The van der Waals surface area contributed by atoms with Crippen LogP contribution < -0.4 is 4.74 Å². The summed E-state index contributed by atoms with van der Waals surface area (Å²) in [7, 11) is 1.53. The molecule has 0 aliphatic rings. The van der Waals surface area contributed by atoms with Crippen LogP contribution in [-0.2, 0) is 6.54 Å². The van der Waals surface area contributed by atoms with Gasteiger partial charge in [0.2, 0.25) is 5.88 Å². The lowest BCUT2D eigenvalue weighted by Gasteiger charge is -2.06. The van der Waals surface area contributed by atoms with Crippen molar-refractivity contribution in [2.24, 2.45) is 10.2 Å². The topological polar surface area (TPSA) is 119 Å². The summed E-state index contributed by atoms with van der Waals surface area (Å²) >= 11 is 0. The molecule has 0 spiro atoms. The summed E-state index contributed by atoms with van der Waals surface area (Å²) < 4.78 is 6.99. The molecule has 156 valence electrons. The van der Waals surface area contributed by atoms with Gasteiger partial charge in [0.15, 0.2) is 5.69 Å². The molecule has 9 heteroatoms. The molecule has 0 unspecified atom stereocenters. The van der Waals surface area contributed by atoms with Crippen molar-refractivity contribution in [2.45, 2.75) is 32.7 Å². The fourth-order valence-corrected chi connectivity index (χ4v) is 3.18. The average molecular weight is 410 g/mol. The van der Waals surface area contributed by atoms with Crippen LogP contribution in [-0.4, -0.2) is 27.6 Å². The van der Waals surface area contributed by atoms with E-state index in [0.717, 1.165) is 30.8 Å². The molecule has 3 rings (SSSR count). The number of amides is 1. The average Bonchev–Trinajstić information content (AvgIpc) is 3.02. The number of aryl methyl sites for hydroxylation is 1. The summed E-state index contributed by atoms with van der Waals surface area (Å²) in [5.74, 6) is -0.257. The van der Waals surface area contributed by atoms with Crippen molar-refractivity contribution < 1.29 is 19.6 Å². The molecule has 1 heterocycles. The normalized spacial score (nSPS) is 11.3. The predicted octanol–water partition coefficient (Wildman–Crippen LogP) is 5.38. The van der Waals surface area contributed by atoms with Gasteiger partial charge in [0.1, 0.15) is 5.75 Å². The van der Waals surface area contributed by atoms with Crippen LogP contribution in [0.5, 0.6) is 11.6 Å². The first-order valence-electron chi connectivity index (χ1n) is 9.56. The number of non-ortho nitro benzene ring substituents is 1. The first-order valence-corrected chi connectivity index (χ1v) is 9.56. The number of rotatable bonds is 8. The van der Waals surface area contributed by atoms with Crippen LogP contribution in [0.1, 0.15) is 36.5 Å². The Morgan fingerprint density at radius 3 is 2.73 bits per heavy atom. The number of hydrogen-bond acceptors (Lipinski definition) is 6. The van der Waals surface area contributed by atoms with E-state index in [-0.39, 0.29) is 22.8 Å². The van der Waals surface area contributed by atoms with Gasteiger partial charge in [0, 0.05) is 24.1 Å². The van der Waals surface area contributed by atoms with Crippen LogP contribution in [0.4, 0.5) is 11.4 Å². The Kier molecular flexibility index (Phi) is 6.41. The highest BCUT2D eigenvalue weighted by molar-refractivity contribution is 5.98. The van der Waals surface area contributed by atoms with Crippen LogP contribution in [0.3, 0.4) is 0 Å². The Labute approximate surface area is 172 Å². The van der Waals surface area contributed by atoms with Gasteiger partial charge in [-0.25, -0.2) is 0 Å². The maximum atomic E-state index is 12.4. The molecule has 0 atom stereocenters. The van der Waals surface area contributed by atoms with E-state index in [4.69, 9.17) is 4.74 Å². The molecular formula is C21H22N4O5. The lowest BCUT2D eigenvalue weighted by Crippen LogP contribution is -1.97. The van der Waals surface area contributed by atoms with Crippen molar-refractivity contribution in [3.05, 3.63) is 58.1 Å². The molecule has 2 aromatic carbocycles. The third-order valence-electron chi connectivity index (χ3n) is 4.75. The molecule has 0 radical (unpaired) electrons. The molecule has 1 N–H and O–H groups in total. The van der Waals surface area contributed by atoms with Crippen LogP contribution >= 0.6 is 0 Å². The van der Waals surface area contributed by atoms with Crippen molar-refractivity contribution >= 4 is 28.2 Å². The van der Waals surface area contributed by atoms with Crippen molar-refractivity contribution in [1.82, 2.24) is 4.57 Å². The van der Waals surface area contributed by atoms with E-state index in [2.05, 4.69) is 17.2 Å². The second-order valence-electron chi connectivity index (χ2n) is 6.73. The van der Waals surface area contributed by atoms with Gasteiger partial charge in [-0.2, -0.15) is 0 Å². The van der Waals surface area contributed by atoms with Gasteiger partial charge in [-0.1, -0.05) is 25.8 Å². The highest BCUT2D eigenvalue weighted by Gasteiger charge is 2.18. The monoisotopic (exact) mass is 410 g/mol. The zero-order valence-corrected chi connectivity index (χ0v) is 16.7. The van der Waals surface area contributed by atoms with Gasteiger partial charge in [-0.15, -0.1) is 10.2 Å². The second kappa shape index (κ2) is 9.17.